The number of rotatable bonds is 1. The molecule has 3 aliphatic rings. The van der Waals surface area contributed by atoms with Crippen molar-refractivity contribution in [2.45, 2.75) is 38.0 Å². The predicted octanol–water partition coefficient (Wildman–Crippen LogP) is -0.340. The van der Waals surface area contributed by atoms with E-state index in [0.29, 0.717) is 10.6 Å². The van der Waals surface area contributed by atoms with Gasteiger partial charge in [0.25, 0.3) is 0 Å². The third kappa shape index (κ3) is 2.10. The Kier molecular flexibility index (Phi) is 3.23. The molecule has 0 amide bonds. The van der Waals surface area contributed by atoms with Crippen LogP contribution in [0.15, 0.2) is 9.59 Å². The summed E-state index contributed by atoms with van der Waals surface area (Å²) in [6.45, 7) is 0. The lowest BCUT2D eigenvalue weighted by atomic mass is 9.89. The SMILES string of the molecule is Cn1nc(C2CCCCC2)[n+]([O-])c2c(=O)n(C)c(=O)nc1-2. The van der Waals surface area contributed by atoms with Crippen LogP contribution in [0.3, 0.4) is 0 Å². The third-order valence-corrected chi connectivity index (χ3v) is 4.15. The Balaban J connectivity index is 2.30. The van der Waals surface area contributed by atoms with Gasteiger partial charge in [-0.15, -0.1) is 0 Å². The number of fused-ring (bicyclic) bond motifs is 1. The number of nitrogens with zero attached hydrogens (tertiary/aromatic N) is 5. The van der Waals surface area contributed by atoms with Gasteiger partial charge in [0.05, 0.1) is 18.1 Å². The standard InChI is InChI=1S/C13H17N5O3/c1-16-12(19)9-11(14-13(16)20)17(2)15-10(18(9)21)8-6-4-3-5-7-8/h8H,3-7H2,1-2H3. The zero-order valence-corrected chi connectivity index (χ0v) is 12.1. The summed E-state index contributed by atoms with van der Waals surface area (Å²) < 4.78 is 2.78. The van der Waals surface area contributed by atoms with Crippen LogP contribution in [0.1, 0.15) is 43.8 Å². The fourth-order valence-corrected chi connectivity index (χ4v) is 2.93. The Bertz CT molecular complexity index is 773. The second-order valence-electron chi connectivity index (χ2n) is 5.54. The third-order valence-electron chi connectivity index (χ3n) is 4.15. The van der Waals surface area contributed by atoms with E-state index in [1.165, 1.54) is 11.7 Å². The molecule has 112 valence electrons. The Hall–Kier alpha value is -2.25. The normalized spacial score (nSPS) is 16.5. The minimum Gasteiger partial charge on any atom is -0.710 e. The molecule has 0 saturated heterocycles. The van der Waals surface area contributed by atoms with E-state index in [-0.39, 0.29) is 17.4 Å². The molecule has 2 heterocycles. The minimum absolute atomic E-state index is 0.0256. The van der Waals surface area contributed by atoms with Gasteiger partial charge in [0.1, 0.15) is 0 Å². The van der Waals surface area contributed by atoms with Crippen LogP contribution in [0.25, 0.3) is 11.5 Å². The molecule has 21 heavy (non-hydrogen) atoms. The molecule has 2 aliphatic heterocycles. The quantitative estimate of drug-likeness (QED) is 0.529. The van der Waals surface area contributed by atoms with Gasteiger partial charge in [0.15, 0.2) is 0 Å². The van der Waals surface area contributed by atoms with E-state index in [4.69, 9.17) is 0 Å². The molecule has 1 fully saturated rings. The molecule has 0 bridgehead atoms. The van der Waals surface area contributed by atoms with Crippen LogP contribution < -0.4 is 16.0 Å². The molecule has 1 aliphatic carbocycles. The summed E-state index contributed by atoms with van der Waals surface area (Å²) in [6, 6.07) is 0. The molecule has 0 aromatic carbocycles. The van der Waals surface area contributed by atoms with Crippen molar-refractivity contribution in [2.24, 2.45) is 14.1 Å². The van der Waals surface area contributed by atoms with Crippen molar-refractivity contribution in [3.63, 3.8) is 0 Å². The molecule has 0 aromatic heterocycles. The first-order valence-corrected chi connectivity index (χ1v) is 7.08. The van der Waals surface area contributed by atoms with Crippen molar-refractivity contribution >= 4 is 0 Å². The van der Waals surface area contributed by atoms with Gasteiger partial charge >= 0.3 is 17.1 Å². The van der Waals surface area contributed by atoms with Gasteiger partial charge in [0, 0.05) is 7.05 Å². The molecular weight excluding hydrogens is 274 g/mol. The fourth-order valence-electron chi connectivity index (χ4n) is 2.93. The van der Waals surface area contributed by atoms with Crippen molar-refractivity contribution in [3.05, 3.63) is 31.9 Å². The van der Waals surface area contributed by atoms with Gasteiger partial charge < -0.3 is 5.21 Å². The summed E-state index contributed by atoms with van der Waals surface area (Å²) in [6.07, 6.45) is 5.08. The van der Waals surface area contributed by atoms with Crippen LogP contribution >= 0.6 is 0 Å². The molecular formula is C13H17N5O3. The van der Waals surface area contributed by atoms with Crippen LogP contribution in [0.2, 0.25) is 0 Å². The molecule has 0 spiro atoms. The van der Waals surface area contributed by atoms with Gasteiger partial charge in [-0.05, 0) is 12.8 Å². The summed E-state index contributed by atoms with van der Waals surface area (Å²) >= 11 is 0. The Morgan fingerprint density at radius 1 is 1.19 bits per heavy atom. The molecule has 8 nitrogen and oxygen atoms in total. The van der Waals surface area contributed by atoms with Crippen LogP contribution in [-0.4, -0.2) is 19.3 Å². The maximum atomic E-state index is 12.5. The molecule has 0 unspecified atom stereocenters. The number of hydrogen-bond donors (Lipinski definition) is 0. The lowest BCUT2D eigenvalue weighted by Crippen LogP contribution is -2.49. The van der Waals surface area contributed by atoms with Gasteiger partial charge in [-0.2, -0.15) is 9.67 Å². The first-order valence-electron chi connectivity index (χ1n) is 7.08. The summed E-state index contributed by atoms with van der Waals surface area (Å²) in [5.74, 6) is 0.434. The average molecular weight is 291 g/mol. The molecule has 0 atom stereocenters. The van der Waals surface area contributed by atoms with Gasteiger partial charge in [0.2, 0.25) is 11.5 Å². The summed E-state index contributed by atoms with van der Waals surface area (Å²) in [5, 5.41) is 16.8. The van der Waals surface area contributed by atoms with E-state index in [0.717, 1.165) is 36.7 Å². The minimum atomic E-state index is -0.685. The molecule has 8 heteroatoms. The van der Waals surface area contributed by atoms with Crippen LogP contribution in [-0.2, 0) is 14.1 Å². The van der Waals surface area contributed by atoms with Crippen molar-refractivity contribution in [2.75, 3.05) is 0 Å². The maximum Gasteiger partial charge on any atom is 0.352 e. The molecule has 3 rings (SSSR count). The Morgan fingerprint density at radius 2 is 1.86 bits per heavy atom. The average Bonchev–Trinajstić information content (AvgIpc) is 2.49. The van der Waals surface area contributed by atoms with Crippen molar-refractivity contribution < 1.29 is 4.73 Å². The molecule has 1 saturated carbocycles. The second-order valence-corrected chi connectivity index (χ2v) is 5.54. The fraction of sp³-hybridized carbons (Fsp3) is 0.615. The Labute approximate surface area is 120 Å². The number of hydrogen-bond acceptors (Lipinski definition) is 5. The molecule has 0 radical (unpaired) electrons. The monoisotopic (exact) mass is 291 g/mol. The zero-order chi connectivity index (χ0) is 15.1. The van der Waals surface area contributed by atoms with Crippen LogP contribution in [0, 0.1) is 5.21 Å². The maximum absolute atomic E-state index is 12.5. The number of aryl methyl sites for hydroxylation is 1. The summed E-state index contributed by atoms with van der Waals surface area (Å²) in [4.78, 5) is 27.6. The van der Waals surface area contributed by atoms with E-state index >= 15 is 0 Å². The lowest BCUT2D eigenvalue weighted by Gasteiger charge is -2.21. The Morgan fingerprint density at radius 3 is 2.52 bits per heavy atom. The van der Waals surface area contributed by atoms with Gasteiger partial charge in [-0.1, -0.05) is 19.3 Å². The second kappa shape index (κ2) is 4.94. The smallest absolute Gasteiger partial charge is 0.352 e. The van der Waals surface area contributed by atoms with Gasteiger partial charge in [-0.3, -0.25) is 9.36 Å². The highest BCUT2D eigenvalue weighted by molar-refractivity contribution is 5.43. The van der Waals surface area contributed by atoms with Crippen LogP contribution in [0.5, 0.6) is 0 Å². The van der Waals surface area contributed by atoms with E-state index in [2.05, 4.69) is 10.1 Å². The lowest BCUT2D eigenvalue weighted by molar-refractivity contribution is -0.611. The van der Waals surface area contributed by atoms with Crippen molar-refractivity contribution in [3.8, 4) is 11.5 Å². The first kappa shape index (κ1) is 13.7. The van der Waals surface area contributed by atoms with Crippen molar-refractivity contribution in [1.82, 2.24) is 19.3 Å². The summed E-state index contributed by atoms with van der Waals surface area (Å²) in [7, 11) is 2.92. The highest BCUT2D eigenvalue weighted by Gasteiger charge is 2.32. The largest absolute Gasteiger partial charge is 0.710 e. The topological polar surface area (TPSA) is 96.7 Å². The van der Waals surface area contributed by atoms with E-state index in [1.54, 1.807) is 7.05 Å². The highest BCUT2D eigenvalue weighted by Crippen LogP contribution is 2.30. The molecule has 0 aromatic rings. The zero-order valence-electron chi connectivity index (χ0n) is 12.1. The number of aromatic nitrogens is 5. The highest BCUT2D eigenvalue weighted by atomic mass is 16.5. The van der Waals surface area contributed by atoms with E-state index in [9.17, 15) is 14.8 Å². The van der Waals surface area contributed by atoms with E-state index in [1.807, 2.05) is 0 Å². The van der Waals surface area contributed by atoms with Crippen molar-refractivity contribution in [1.29, 1.82) is 0 Å². The predicted molar refractivity (Wildman–Crippen MR) is 73.9 cm³/mol. The summed E-state index contributed by atoms with van der Waals surface area (Å²) in [5.41, 5.74) is -1.43. The van der Waals surface area contributed by atoms with Crippen LogP contribution in [0.4, 0.5) is 0 Å². The van der Waals surface area contributed by atoms with Gasteiger partial charge in [-0.25, -0.2) is 9.52 Å². The van der Waals surface area contributed by atoms with E-state index < -0.39 is 11.2 Å². The first-order chi connectivity index (χ1) is 10.0. The molecule has 0 N–H and O–H groups in total.